The van der Waals surface area contributed by atoms with Gasteiger partial charge in [0, 0.05) is 0 Å². The summed E-state index contributed by atoms with van der Waals surface area (Å²) in [5.41, 5.74) is 3.20. The summed E-state index contributed by atoms with van der Waals surface area (Å²) in [4.78, 5) is 0. The molecule has 1 aromatic carbocycles. The van der Waals surface area contributed by atoms with Crippen LogP contribution in [0.25, 0.3) is 0 Å². The van der Waals surface area contributed by atoms with Gasteiger partial charge in [-0.05, 0) is 24.6 Å². The molecule has 0 radical (unpaired) electrons. The molecular formula is C14H25N3. The van der Waals surface area contributed by atoms with Crippen molar-refractivity contribution in [2.75, 3.05) is 7.05 Å². The molecule has 0 heterocycles. The Kier molecular flexibility index (Phi) is 13.2. The lowest BCUT2D eigenvalue weighted by Crippen LogP contribution is -1.93. The zero-order chi connectivity index (χ0) is 13.7. The summed E-state index contributed by atoms with van der Waals surface area (Å²) in [5.74, 6) is 0. The van der Waals surface area contributed by atoms with Gasteiger partial charge in [0.2, 0.25) is 0 Å². The quantitative estimate of drug-likeness (QED) is 0.399. The van der Waals surface area contributed by atoms with Crippen LogP contribution in [-0.4, -0.2) is 12.8 Å². The molecule has 3 heteroatoms. The van der Waals surface area contributed by atoms with Crippen molar-refractivity contribution in [2.24, 2.45) is 15.4 Å². The van der Waals surface area contributed by atoms with Gasteiger partial charge in [-0.1, -0.05) is 57.5 Å². The van der Waals surface area contributed by atoms with Crippen LogP contribution in [0.4, 0.5) is 0 Å². The highest BCUT2D eigenvalue weighted by atomic mass is 15.4. The molecule has 0 aliphatic rings. The largest absolute Gasteiger partial charge is 0.172 e. The highest BCUT2D eigenvalue weighted by Crippen LogP contribution is 2.05. The Labute approximate surface area is 106 Å². The maximum Gasteiger partial charge on any atom is 0.0689 e. The third-order valence-corrected chi connectivity index (χ3v) is 1.72. The third-order valence-electron chi connectivity index (χ3n) is 1.72. The van der Waals surface area contributed by atoms with E-state index in [1.807, 2.05) is 46.8 Å². The van der Waals surface area contributed by atoms with Crippen molar-refractivity contribution in [3.63, 3.8) is 0 Å². The Morgan fingerprint density at radius 3 is 2.12 bits per heavy atom. The predicted molar refractivity (Wildman–Crippen MR) is 76.9 cm³/mol. The number of hydrogen-bond donors (Lipinski definition) is 0. The summed E-state index contributed by atoms with van der Waals surface area (Å²) in [5, 5.41) is 11.1. The Bertz CT molecular complexity index is 341. The molecule has 1 aromatic rings. The fourth-order valence-corrected chi connectivity index (χ4v) is 1.04. The maximum atomic E-state index is 3.93. The van der Waals surface area contributed by atoms with E-state index < -0.39 is 0 Å². The standard InChI is InChI=1S/C10H13N3.2C2H6/c1-8-5-4-6-10(7-8)9(2)12-13-11-3;2*1-2/h4-7H,1-3H3;2*1-2H3/b12-9+,13-11?;;. The van der Waals surface area contributed by atoms with Crippen molar-refractivity contribution in [1.82, 2.24) is 0 Å². The molecule has 0 amide bonds. The number of hydrogen-bond acceptors (Lipinski definition) is 2. The number of aryl methyl sites for hydroxylation is 1. The zero-order valence-electron chi connectivity index (χ0n) is 12.2. The highest BCUT2D eigenvalue weighted by molar-refractivity contribution is 5.98. The molecule has 0 aliphatic carbocycles. The highest BCUT2D eigenvalue weighted by Gasteiger charge is 1.95. The first-order valence-electron chi connectivity index (χ1n) is 6.14. The van der Waals surface area contributed by atoms with Crippen LogP contribution >= 0.6 is 0 Å². The van der Waals surface area contributed by atoms with E-state index in [4.69, 9.17) is 0 Å². The number of nitrogens with zero attached hydrogens (tertiary/aromatic N) is 3. The molecule has 1 rings (SSSR count). The second-order valence-electron chi connectivity index (χ2n) is 2.84. The number of benzene rings is 1. The lowest BCUT2D eigenvalue weighted by atomic mass is 10.1. The van der Waals surface area contributed by atoms with Crippen LogP contribution in [0.2, 0.25) is 0 Å². The lowest BCUT2D eigenvalue weighted by Gasteiger charge is -1.98. The summed E-state index contributed by atoms with van der Waals surface area (Å²) >= 11 is 0. The SMILES string of the molecule is CC.CC.CN=N/N=C(\C)c1cccc(C)c1. The Hall–Kier alpha value is -1.51. The molecule has 17 heavy (non-hydrogen) atoms. The van der Waals surface area contributed by atoms with Crippen molar-refractivity contribution in [3.05, 3.63) is 35.4 Å². The van der Waals surface area contributed by atoms with Crippen LogP contribution in [0.3, 0.4) is 0 Å². The minimum Gasteiger partial charge on any atom is -0.172 e. The summed E-state index contributed by atoms with van der Waals surface area (Å²) in [7, 11) is 1.60. The van der Waals surface area contributed by atoms with Gasteiger partial charge in [0.25, 0.3) is 0 Å². The fraction of sp³-hybridized carbons (Fsp3) is 0.500. The van der Waals surface area contributed by atoms with Crippen molar-refractivity contribution >= 4 is 5.71 Å². The van der Waals surface area contributed by atoms with E-state index in [1.54, 1.807) is 7.05 Å². The minimum atomic E-state index is 0.884. The minimum absolute atomic E-state index is 0.884. The van der Waals surface area contributed by atoms with Gasteiger partial charge in [0.15, 0.2) is 0 Å². The Morgan fingerprint density at radius 2 is 1.65 bits per heavy atom. The average molecular weight is 235 g/mol. The molecular weight excluding hydrogens is 210 g/mol. The van der Waals surface area contributed by atoms with Crippen LogP contribution in [0.15, 0.2) is 39.7 Å². The molecule has 0 saturated carbocycles. The maximum absolute atomic E-state index is 3.93. The zero-order valence-corrected chi connectivity index (χ0v) is 12.2. The van der Waals surface area contributed by atoms with Gasteiger partial charge in [-0.2, -0.15) is 5.11 Å². The smallest absolute Gasteiger partial charge is 0.0689 e. The summed E-state index contributed by atoms with van der Waals surface area (Å²) < 4.78 is 0. The molecule has 0 aliphatic heterocycles. The van der Waals surface area contributed by atoms with Crippen molar-refractivity contribution in [3.8, 4) is 0 Å². The van der Waals surface area contributed by atoms with Gasteiger partial charge < -0.3 is 0 Å². The molecule has 0 saturated heterocycles. The molecule has 0 unspecified atom stereocenters. The molecule has 3 nitrogen and oxygen atoms in total. The first-order valence-corrected chi connectivity index (χ1v) is 6.14. The van der Waals surface area contributed by atoms with Crippen LogP contribution in [0, 0.1) is 6.92 Å². The van der Waals surface area contributed by atoms with Crippen molar-refractivity contribution in [1.29, 1.82) is 0 Å². The topological polar surface area (TPSA) is 37.1 Å². The second kappa shape index (κ2) is 12.6. The van der Waals surface area contributed by atoms with Gasteiger partial charge >= 0.3 is 0 Å². The second-order valence-corrected chi connectivity index (χ2v) is 2.84. The van der Waals surface area contributed by atoms with Crippen LogP contribution in [-0.2, 0) is 0 Å². The lowest BCUT2D eigenvalue weighted by molar-refractivity contribution is 1.02. The van der Waals surface area contributed by atoms with Crippen LogP contribution in [0.5, 0.6) is 0 Å². The van der Waals surface area contributed by atoms with E-state index >= 15 is 0 Å². The monoisotopic (exact) mass is 235 g/mol. The van der Waals surface area contributed by atoms with E-state index in [2.05, 4.69) is 34.5 Å². The van der Waals surface area contributed by atoms with Crippen molar-refractivity contribution < 1.29 is 0 Å². The van der Waals surface area contributed by atoms with Crippen LogP contribution < -0.4 is 0 Å². The van der Waals surface area contributed by atoms with E-state index in [0.717, 1.165) is 11.3 Å². The molecule has 0 atom stereocenters. The molecule has 0 N–H and O–H groups in total. The molecule has 96 valence electrons. The molecule has 0 aromatic heterocycles. The van der Waals surface area contributed by atoms with E-state index in [1.165, 1.54) is 5.56 Å². The van der Waals surface area contributed by atoms with Gasteiger partial charge in [0.05, 0.1) is 12.8 Å². The normalized spacial score (nSPS) is 10.2. The number of rotatable bonds is 2. The van der Waals surface area contributed by atoms with Crippen LogP contribution in [0.1, 0.15) is 45.7 Å². The molecule has 0 spiro atoms. The van der Waals surface area contributed by atoms with Crippen molar-refractivity contribution in [2.45, 2.75) is 41.5 Å². The average Bonchev–Trinajstić information content (AvgIpc) is 2.40. The summed E-state index contributed by atoms with van der Waals surface area (Å²) in [6.07, 6.45) is 0. The first-order chi connectivity index (χ1) is 8.24. The Balaban J connectivity index is 0. The first kappa shape index (κ1) is 17.9. The fourth-order valence-electron chi connectivity index (χ4n) is 1.04. The third kappa shape index (κ3) is 8.31. The van der Waals surface area contributed by atoms with E-state index in [9.17, 15) is 0 Å². The predicted octanol–water partition coefficient (Wildman–Crippen LogP) is 4.85. The van der Waals surface area contributed by atoms with Gasteiger partial charge in [0.1, 0.15) is 0 Å². The van der Waals surface area contributed by atoms with Gasteiger partial charge in [-0.15, -0.1) is 5.10 Å². The molecule has 0 bridgehead atoms. The summed E-state index contributed by atoms with van der Waals surface area (Å²) in [6, 6.07) is 8.14. The van der Waals surface area contributed by atoms with E-state index in [0.29, 0.717) is 0 Å². The van der Waals surface area contributed by atoms with Gasteiger partial charge in [-0.3, -0.25) is 0 Å². The van der Waals surface area contributed by atoms with E-state index in [-0.39, 0.29) is 0 Å². The van der Waals surface area contributed by atoms with Gasteiger partial charge in [-0.25, -0.2) is 0 Å². The summed E-state index contributed by atoms with van der Waals surface area (Å²) in [6.45, 7) is 12.0. The molecule has 0 fully saturated rings. The Morgan fingerprint density at radius 1 is 1.06 bits per heavy atom.